The molecule has 0 atom stereocenters. The standard InChI is InChI=1S/C10H13NO/c1-11-8-2-3-9-4-6-10(12)7-5-9/h2-7,11-12H,8H2,1H3. The highest BCUT2D eigenvalue weighted by molar-refractivity contribution is 5.50. The fraction of sp³-hybridized carbons (Fsp3) is 0.200. The molecule has 12 heavy (non-hydrogen) atoms. The molecule has 1 aromatic carbocycles. The number of phenols is 1. The Bertz CT molecular complexity index is 251. The molecule has 0 fully saturated rings. The minimum atomic E-state index is 0.306. The van der Waals surface area contributed by atoms with Crippen LogP contribution in [0.4, 0.5) is 0 Å². The first-order valence-electron chi connectivity index (χ1n) is 3.93. The molecule has 0 aromatic heterocycles. The predicted molar refractivity (Wildman–Crippen MR) is 51.1 cm³/mol. The van der Waals surface area contributed by atoms with Crippen LogP contribution in [0, 0.1) is 0 Å². The molecule has 2 heteroatoms. The van der Waals surface area contributed by atoms with Crippen molar-refractivity contribution in [1.29, 1.82) is 0 Å². The largest absolute Gasteiger partial charge is 0.508 e. The van der Waals surface area contributed by atoms with Gasteiger partial charge in [0, 0.05) is 6.54 Å². The van der Waals surface area contributed by atoms with Gasteiger partial charge in [0.05, 0.1) is 0 Å². The van der Waals surface area contributed by atoms with E-state index >= 15 is 0 Å². The van der Waals surface area contributed by atoms with Crippen molar-refractivity contribution in [2.24, 2.45) is 0 Å². The number of nitrogens with one attached hydrogen (secondary N) is 1. The number of phenolic OH excluding ortho intramolecular Hbond substituents is 1. The minimum Gasteiger partial charge on any atom is -0.508 e. The summed E-state index contributed by atoms with van der Waals surface area (Å²) < 4.78 is 0. The Balaban J connectivity index is 2.58. The lowest BCUT2D eigenvalue weighted by molar-refractivity contribution is 0.475. The second-order valence-corrected chi connectivity index (χ2v) is 2.55. The summed E-state index contributed by atoms with van der Waals surface area (Å²) in [6.07, 6.45) is 4.04. The molecule has 0 saturated heterocycles. The zero-order valence-electron chi connectivity index (χ0n) is 7.12. The maximum Gasteiger partial charge on any atom is 0.115 e. The fourth-order valence-electron chi connectivity index (χ4n) is 0.898. The lowest BCUT2D eigenvalue weighted by Crippen LogP contribution is -2.03. The van der Waals surface area contributed by atoms with Crippen LogP contribution in [-0.2, 0) is 0 Å². The molecule has 64 valence electrons. The van der Waals surface area contributed by atoms with E-state index in [0.717, 1.165) is 12.1 Å². The summed E-state index contributed by atoms with van der Waals surface area (Å²) >= 11 is 0. The van der Waals surface area contributed by atoms with Crippen LogP contribution in [0.3, 0.4) is 0 Å². The maximum atomic E-state index is 8.99. The van der Waals surface area contributed by atoms with Gasteiger partial charge in [-0.3, -0.25) is 0 Å². The Morgan fingerprint density at radius 1 is 1.33 bits per heavy atom. The molecule has 2 N–H and O–H groups in total. The molecule has 0 heterocycles. The molecule has 0 bridgehead atoms. The second kappa shape index (κ2) is 4.57. The molecule has 0 amide bonds. The van der Waals surface area contributed by atoms with E-state index in [1.54, 1.807) is 12.1 Å². The van der Waals surface area contributed by atoms with Gasteiger partial charge in [-0.15, -0.1) is 0 Å². The first kappa shape index (κ1) is 8.81. The molecule has 0 aliphatic rings. The van der Waals surface area contributed by atoms with Gasteiger partial charge in [-0.05, 0) is 24.7 Å². The number of likely N-dealkylation sites (N-methyl/N-ethyl adjacent to an activating group) is 1. The first-order chi connectivity index (χ1) is 5.83. The quantitative estimate of drug-likeness (QED) is 0.709. The highest BCUT2D eigenvalue weighted by Gasteiger charge is 1.86. The lowest BCUT2D eigenvalue weighted by atomic mass is 10.2. The first-order valence-corrected chi connectivity index (χ1v) is 3.93. The molecular weight excluding hydrogens is 150 g/mol. The third-order valence-corrected chi connectivity index (χ3v) is 1.53. The molecule has 0 radical (unpaired) electrons. The van der Waals surface area contributed by atoms with Crippen molar-refractivity contribution in [3.63, 3.8) is 0 Å². The third-order valence-electron chi connectivity index (χ3n) is 1.53. The van der Waals surface area contributed by atoms with Gasteiger partial charge < -0.3 is 10.4 Å². The van der Waals surface area contributed by atoms with Crippen LogP contribution < -0.4 is 5.32 Å². The molecule has 0 unspecified atom stereocenters. The molecule has 2 nitrogen and oxygen atoms in total. The average molecular weight is 163 g/mol. The van der Waals surface area contributed by atoms with Crippen LogP contribution >= 0.6 is 0 Å². The summed E-state index contributed by atoms with van der Waals surface area (Å²) in [6, 6.07) is 7.11. The van der Waals surface area contributed by atoms with Gasteiger partial charge in [-0.2, -0.15) is 0 Å². The smallest absolute Gasteiger partial charge is 0.115 e. The van der Waals surface area contributed by atoms with Crippen molar-refractivity contribution >= 4 is 6.08 Å². The predicted octanol–water partition coefficient (Wildman–Crippen LogP) is 1.62. The molecule has 0 saturated carbocycles. The number of hydrogen-bond acceptors (Lipinski definition) is 2. The van der Waals surface area contributed by atoms with E-state index in [1.807, 2.05) is 31.3 Å². The molecule has 1 rings (SSSR count). The number of benzene rings is 1. The fourth-order valence-corrected chi connectivity index (χ4v) is 0.898. The lowest BCUT2D eigenvalue weighted by Gasteiger charge is -1.93. The summed E-state index contributed by atoms with van der Waals surface area (Å²) in [4.78, 5) is 0. The molecular formula is C10H13NO. The van der Waals surface area contributed by atoms with Crippen molar-refractivity contribution in [3.8, 4) is 5.75 Å². The van der Waals surface area contributed by atoms with Gasteiger partial charge in [0.25, 0.3) is 0 Å². The van der Waals surface area contributed by atoms with Gasteiger partial charge in [0.2, 0.25) is 0 Å². The number of hydrogen-bond donors (Lipinski definition) is 2. The highest BCUT2D eigenvalue weighted by Crippen LogP contribution is 2.10. The van der Waals surface area contributed by atoms with Crippen LogP contribution in [0.1, 0.15) is 5.56 Å². The van der Waals surface area contributed by atoms with Crippen LogP contribution in [0.5, 0.6) is 5.75 Å². The number of aromatic hydroxyl groups is 1. The molecule has 0 aliphatic carbocycles. The Morgan fingerprint density at radius 2 is 2.00 bits per heavy atom. The Kier molecular flexibility index (Phi) is 3.35. The Hall–Kier alpha value is -1.28. The van der Waals surface area contributed by atoms with Crippen molar-refractivity contribution < 1.29 is 5.11 Å². The monoisotopic (exact) mass is 163 g/mol. The zero-order valence-corrected chi connectivity index (χ0v) is 7.12. The van der Waals surface area contributed by atoms with Crippen molar-refractivity contribution in [2.45, 2.75) is 0 Å². The molecule has 1 aromatic rings. The maximum absolute atomic E-state index is 8.99. The van der Waals surface area contributed by atoms with Crippen LogP contribution in [0.15, 0.2) is 30.3 Å². The molecule has 0 spiro atoms. The average Bonchev–Trinajstić information content (AvgIpc) is 2.09. The van der Waals surface area contributed by atoms with Gasteiger partial charge in [0.15, 0.2) is 0 Å². The topological polar surface area (TPSA) is 32.3 Å². The van der Waals surface area contributed by atoms with Crippen LogP contribution in [-0.4, -0.2) is 18.7 Å². The zero-order chi connectivity index (χ0) is 8.81. The second-order valence-electron chi connectivity index (χ2n) is 2.55. The highest BCUT2D eigenvalue weighted by atomic mass is 16.3. The SMILES string of the molecule is CNCC=Cc1ccc(O)cc1. The van der Waals surface area contributed by atoms with Gasteiger partial charge >= 0.3 is 0 Å². The van der Waals surface area contributed by atoms with Crippen molar-refractivity contribution in [3.05, 3.63) is 35.9 Å². The van der Waals surface area contributed by atoms with E-state index in [1.165, 1.54) is 0 Å². The van der Waals surface area contributed by atoms with Gasteiger partial charge in [-0.25, -0.2) is 0 Å². The molecule has 0 aliphatic heterocycles. The normalized spacial score (nSPS) is 10.8. The van der Waals surface area contributed by atoms with Crippen LogP contribution in [0.2, 0.25) is 0 Å². The van der Waals surface area contributed by atoms with E-state index in [0.29, 0.717) is 5.75 Å². The summed E-state index contributed by atoms with van der Waals surface area (Å²) in [5.41, 5.74) is 1.10. The summed E-state index contributed by atoms with van der Waals surface area (Å²) in [7, 11) is 1.90. The van der Waals surface area contributed by atoms with E-state index < -0.39 is 0 Å². The van der Waals surface area contributed by atoms with E-state index in [9.17, 15) is 0 Å². The van der Waals surface area contributed by atoms with Crippen LogP contribution in [0.25, 0.3) is 6.08 Å². The Morgan fingerprint density at radius 3 is 2.58 bits per heavy atom. The van der Waals surface area contributed by atoms with Gasteiger partial charge in [-0.1, -0.05) is 24.3 Å². The van der Waals surface area contributed by atoms with Crippen molar-refractivity contribution in [2.75, 3.05) is 13.6 Å². The van der Waals surface area contributed by atoms with Crippen molar-refractivity contribution in [1.82, 2.24) is 5.32 Å². The summed E-state index contributed by atoms with van der Waals surface area (Å²) in [5.74, 6) is 0.306. The summed E-state index contributed by atoms with van der Waals surface area (Å²) in [6.45, 7) is 0.862. The van der Waals surface area contributed by atoms with E-state index in [2.05, 4.69) is 5.32 Å². The summed E-state index contributed by atoms with van der Waals surface area (Å²) in [5, 5.41) is 12.0. The van der Waals surface area contributed by atoms with E-state index in [-0.39, 0.29) is 0 Å². The minimum absolute atomic E-state index is 0.306. The van der Waals surface area contributed by atoms with Gasteiger partial charge in [0.1, 0.15) is 5.75 Å². The third kappa shape index (κ3) is 2.76. The number of rotatable bonds is 3. The Labute approximate surface area is 72.5 Å². The van der Waals surface area contributed by atoms with E-state index in [4.69, 9.17) is 5.11 Å².